The molecule has 2 aromatic rings. The quantitative estimate of drug-likeness (QED) is 0.373. The topological polar surface area (TPSA) is 101 Å². The van der Waals surface area contributed by atoms with E-state index in [-0.39, 0.29) is 17.8 Å². The summed E-state index contributed by atoms with van der Waals surface area (Å²) < 4.78 is 0. The van der Waals surface area contributed by atoms with Crippen LogP contribution in [-0.4, -0.2) is 28.3 Å². The minimum atomic E-state index is -2.01. The molecule has 0 spiro atoms. The Morgan fingerprint density at radius 3 is 2.69 bits per heavy atom. The Labute approximate surface area is 149 Å². The Balaban J connectivity index is 1.97. The van der Waals surface area contributed by atoms with Crippen molar-refractivity contribution in [1.29, 1.82) is 0 Å². The smallest absolute Gasteiger partial charge is 0.270 e. The van der Waals surface area contributed by atoms with Crippen LogP contribution in [0.15, 0.2) is 61.2 Å². The second-order valence-electron chi connectivity index (χ2n) is 5.99. The highest BCUT2D eigenvalue weighted by molar-refractivity contribution is 6.11. The van der Waals surface area contributed by atoms with Gasteiger partial charge in [-0.3, -0.25) is 19.7 Å². The maximum atomic E-state index is 12.8. The number of anilines is 1. The van der Waals surface area contributed by atoms with Gasteiger partial charge in [0.1, 0.15) is 0 Å². The molecule has 3 rings (SSSR count). The van der Waals surface area contributed by atoms with Gasteiger partial charge in [-0.05, 0) is 6.07 Å². The third-order valence-corrected chi connectivity index (χ3v) is 4.35. The monoisotopic (exact) mass is 352 g/mol. The summed E-state index contributed by atoms with van der Waals surface area (Å²) in [6.07, 6.45) is 1.03. The van der Waals surface area contributed by atoms with Crippen LogP contribution in [0.2, 0.25) is 0 Å². The van der Waals surface area contributed by atoms with Crippen LogP contribution >= 0.6 is 0 Å². The van der Waals surface area contributed by atoms with Crippen LogP contribution in [0.5, 0.6) is 0 Å². The molecule has 0 fully saturated rings. The largest absolute Gasteiger partial charge is 0.375 e. The van der Waals surface area contributed by atoms with Crippen molar-refractivity contribution in [3.05, 3.63) is 82.4 Å². The van der Waals surface area contributed by atoms with Crippen molar-refractivity contribution < 1.29 is 19.6 Å². The first-order chi connectivity index (χ1) is 12.4. The number of nitrogens with zero attached hydrogens (tertiary/aromatic N) is 2. The van der Waals surface area contributed by atoms with Gasteiger partial charge in [0.25, 0.3) is 11.6 Å². The molecule has 2 aromatic carbocycles. The molecule has 132 valence electrons. The maximum absolute atomic E-state index is 12.8. The summed E-state index contributed by atoms with van der Waals surface area (Å²) in [5.41, 5.74) is -1.31. The summed E-state index contributed by atoms with van der Waals surface area (Å²) in [4.78, 5) is 37.1. The number of Topliss-reactive ketones (excluding diaryl/α,β-unsaturated/α-hetero) is 1. The Kier molecular flexibility index (Phi) is 4.40. The lowest BCUT2D eigenvalue weighted by Gasteiger charge is -2.22. The van der Waals surface area contributed by atoms with E-state index in [0.717, 1.165) is 6.07 Å². The number of benzene rings is 2. The van der Waals surface area contributed by atoms with E-state index >= 15 is 0 Å². The number of ketones is 1. The van der Waals surface area contributed by atoms with Gasteiger partial charge < -0.3 is 10.0 Å². The van der Waals surface area contributed by atoms with Gasteiger partial charge in [0.15, 0.2) is 11.4 Å². The van der Waals surface area contributed by atoms with Gasteiger partial charge in [-0.1, -0.05) is 36.4 Å². The Bertz CT molecular complexity index is 924. The molecule has 1 heterocycles. The number of fused-ring (bicyclic) bond motifs is 1. The summed E-state index contributed by atoms with van der Waals surface area (Å²) >= 11 is 0. The number of aliphatic hydroxyl groups is 1. The van der Waals surface area contributed by atoms with Gasteiger partial charge in [-0.2, -0.15) is 0 Å². The minimum Gasteiger partial charge on any atom is -0.375 e. The number of carbonyl (C=O) groups is 2. The third-order valence-electron chi connectivity index (χ3n) is 4.35. The van der Waals surface area contributed by atoms with Crippen molar-refractivity contribution in [1.82, 2.24) is 0 Å². The average molecular weight is 352 g/mol. The molecule has 1 unspecified atom stereocenters. The van der Waals surface area contributed by atoms with Crippen molar-refractivity contribution in [2.45, 2.75) is 12.0 Å². The number of rotatable bonds is 6. The van der Waals surface area contributed by atoms with Gasteiger partial charge in [-0.25, -0.2) is 0 Å². The first-order valence-corrected chi connectivity index (χ1v) is 7.91. The Morgan fingerprint density at radius 1 is 1.27 bits per heavy atom. The van der Waals surface area contributed by atoms with Crippen molar-refractivity contribution in [2.24, 2.45) is 0 Å². The molecule has 0 radical (unpaired) electrons. The number of amides is 1. The first-order valence-electron chi connectivity index (χ1n) is 7.91. The molecule has 0 saturated heterocycles. The van der Waals surface area contributed by atoms with E-state index in [1.54, 1.807) is 24.3 Å². The molecule has 0 saturated carbocycles. The standard InChI is InChI=1S/C19H16N2O5/c1-2-10-20-16-9-4-3-8-15(16)19(24,18(20)23)12-17(22)13-6-5-7-14(11-13)21(25)26/h2-9,11,24H,1,10,12H2. The fraction of sp³-hybridized carbons (Fsp3) is 0.158. The van der Waals surface area contributed by atoms with Crippen LogP contribution < -0.4 is 4.90 Å². The van der Waals surface area contributed by atoms with Crippen molar-refractivity contribution >= 4 is 23.1 Å². The number of hydrogen-bond donors (Lipinski definition) is 1. The molecule has 0 bridgehead atoms. The molecule has 26 heavy (non-hydrogen) atoms. The third kappa shape index (κ3) is 2.78. The zero-order valence-corrected chi connectivity index (χ0v) is 13.8. The molecule has 7 nitrogen and oxygen atoms in total. The maximum Gasteiger partial charge on any atom is 0.270 e. The van der Waals surface area contributed by atoms with Gasteiger partial charge in [0.05, 0.1) is 17.0 Å². The SMILES string of the molecule is C=CCN1C(=O)C(O)(CC(=O)c2cccc([N+](=O)[O-])c2)c2ccccc21. The van der Waals surface area contributed by atoms with E-state index in [9.17, 15) is 24.8 Å². The van der Waals surface area contributed by atoms with Gasteiger partial charge in [0.2, 0.25) is 0 Å². The molecule has 1 aliphatic rings. The first kappa shape index (κ1) is 17.5. The summed E-state index contributed by atoms with van der Waals surface area (Å²) in [5.74, 6) is -1.17. The molecule has 1 amide bonds. The van der Waals surface area contributed by atoms with E-state index < -0.39 is 28.6 Å². The van der Waals surface area contributed by atoms with Gasteiger partial charge in [-0.15, -0.1) is 6.58 Å². The number of carbonyl (C=O) groups excluding carboxylic acids is 2. The molecule has 0 aliphatic carbocycles. The normalized spacial score (nSPS) is 18.5. The van der Waals surface area contributed by atoms with E-state index in [1.807, 2.05) is 0 Å². The number of nitro benzene ring substituents is 1. The van der Waals surface area contributed by atoms with E-state index in [2.05, 4.69) is 6.58 Å². The molecular formula is C19H16N2O5. The van der Waals surface area contributed by atoms with Crippen LogP contribution in [0.1, 0.15) is 22.3 Å². The number of para-hydroxylation sites is 1. The molecule has 1 N–H and O–H groups in total. The summed E-state index contributed by atoms with van der Waals surface area (Å²) in [6, 6.07) is 11.9. The summed E-state index contributed by atoms with van der Waals surface area (Å²) in [6.45, 7) is 3.81. The van der Waals surface area contributed by atoms with Crippen molar-refractivity contribution in [2.75, 3.05) is 11.4 Å². The number of hydrogen-bond acceptors (Lipinski definition) is 5. The summed E-state index contributed by atoms with van der Waals surface area (Å²) in [7, 11) is 0. The lowest BCUT2D eigenvalue weighted by Crippen LogP contribution is -2.41. The predicted octanol–water partition coefficient (Wildman–Crippen LogP) is 2.59. The minimum absolute atomic E-state index is 0.0695. The van der Waals surface area contributed by atoms with Crippen LogP contribution in [0.3, 0.4) is 0 Å². The number of nitro groups is 1. The van der Waals surface area contributed by atoms with Crippen LogP contribution in [0.25, 0.3) is 0 Å². The second kappa shape index (κ2) is 6.53. The molecule has 1 aliphatic heterocycles. The molecular weight excluding hydrogens is 336 g/mol. The lowest BCUT2D eigenvalue weighted by molar-refractivity contribution is -0.384. The Hall–Kier alpha value is -3.32. The van der Waals surface area contributed by atoms with Gasteiger partial charge in [0, 0.05) is 29.8 Å². The average Bonchev–Trinajstić information content (AvgIpc) is 2.84. The highest BCUT2D eigenvalue weighted by Crippen LogP contribution is 2.42. The zero-order chi connectivity index (χ0) is 18.9. The van der Waals surface area contributed by atoms with E-state index in [4.69, 9.17) is 0 Å². The summed E-state index contributed by atoms with van der Waals surface area (Å²) in [5, 5.41) is 21.9. The number of non-ortho nitro benzene ring substituents is 1. The van der Waals surface area contributed by atoms with Crippen LogP contribution in [-0.2, 0) is 10.4 Å². The molecule has 0 aromatic heterocycles. The van der Waals surface area contributed by atoms with Crippen molar-refractivity contribution in [3.8, 4) is 0 Å². The fourth-order valence-corrected chi connectivity index (χ4v) is 3.12. The van der Waals surface area contributed by atoms with Gasteiger partial charge >= 0.3 is 0 Å². The van der Waals surface area contributed by atoms with Crippen LogP contribution in [0.4, 0.5) is 11.4 Å². The van der Waals surface area contributed by atoms with Crippen LogP contribution in [0, 0.1) is 10.1 Å². The highest BCUT2D eigenvalue weighted by atomic mass is 16.6. The molecule has 7 heteroatoms. The van der Waals surface area contributed by atoms with E-state index in [1.165, 1.54) is 29.2 Å². The predicted molar refractivity (Wildman–Crippen MR) is 94.9 cm³/mol. The highest BCUT2D eigenvalue weighted by Gasteiger charge is 2.50. The lowest BCUT2D eigenvalue weighted by atomic mass is 9.88. The van der Waals surface area contributed by atoms with Crippen molar-refractivity contribution in [3.63, 3.8) is 0 Å². The second-order valence-corrected chi connectivity index (χ2v) is 5.99. The van der Waals surface area contributed by atoms with E-state index in [0.29, 0.717) is 11.3 Å². The Morgan fingerprint density at radius 2 is 2.00 bits per heavy atom. The zero-order valence-electron chi connectivity index (χ0n) is 13.8. The molecule has 1 atom stereocenters. The fourth-order valence-electron chi connectivity index (χ4n) is 3.12.